The first-order chi connectivity index (χ1) is 9.24. The van der Waals surface area contributed by atoms with Crippen LogP contribution in [0.2, 0.25) is 0 Å². The van der Waals surface area contributed by atoms with Gasteiger partial charge in [-0.15, -0.1) is 6.42 Å². The first kappa shape index (κ1) is 13.4. The van der Waals surface area contributed by atoms with Gasteiger partial charge in [-0.2, -0.15) is 0 Å². The normalized spacial score (nSPS) is 17.2. The van der Waals surface area contributed by atoms with Crippen LogP contribution in [0, 0.1) is 12.3 Å². The van der Waals surface area contributed by atoms with Crippen molar-refractivity contribution in [2.45, 2.75) is 25.0 Å². The van der Waals surface area contributed by atoms with E-state index in [-0.39, 0.29) is 6.61 Å². The summed E-state index contributed by atoms with van der Waals surface area (Å²) in [5.74, 6) is 2.65. The molecule has 1 saturated heterocycles. The second-order valence-electron chi connectivity index (χ2n) is 4.53. The molecule has 1 fully saturated rings. The van der Waals surface area contributed by atoms with Gasteiger partial charge in [0.05, 0.1) is 0 Å². The summed E-state index contributed by atoms with van der Waals surface area (Å²) in [5, 5.41) is 2.78. The summed E-state index contributed by atoms with van der Waals surface area (Å²) in [6.07, 6.45) is 6.27. The van der Waals surface area contributed by atoms with Crippen LogP contribution >= 0.6 is 0 Å². The summed E-state index contributed by atoms with van der Waals surface area (Å²) in [4.78, 5) is 11.8. The van der Waals surface area contributed by atoms with Gasteiger partial charge in [-0.1, -0.05) is 36.3 Å². The van der Waals surface area contributed by atoms with Crippen LogP contribution in [-0.2, 0) is 16.1 Å². The number of carbonyl (C=O) groups excluding carboxylic acids is 1. The van der Waals surface area contributed by atoms with Gasteiger partial charge in [0.1, 0.15) is 12.1 Å². The van der Waals surface area contributed by atoms with Gasteiger partial charge in [-0.3, -0.25) is 0 Å². The molecule has 0 aliphatic carbocycles. The van der Waals surface area contributed by atoms with Gasteiger partial charge in [-0.25, -0.2) is 4.79 Å². The number of nitrogens with one attached hydrogen (secondary N) is 1. The lowest BCUT2D eigenvalue weighted by molar-refractivity contribution is 0.0540. The molecule has 0 bridgehead atoms. The van der Waals surface area contributed by atoms with Gasteiger partial charge in [0.15, 0.2) is 0 Å². The Kier molecular flexibility index (Phi) is 4.43. The molecule has 1 aromatic carbocycles. The van der Waals surface area contributed by atoms with Crippen molar-refractivity contribution in [3.63, 3.8) is 0 Å². The molecule has 1 aliphatic rings. The number of ether oxygens (including phenoxy) is 2. The third-order valence-electron chi connectivity index (χ3n) is 3.18. The van der Waals surface area contributed by atoms with E-state index in [1.165, 1.54) is 0 Å². The molecule has 2 rings (SSSR count). The Labute approximate surface area is 113 Å². The number of hydrogen-bond donors (Lipinski definition) is 1. The van der Waals surface area contributed by atoms with Crippen molar-refractivity contribution in [2.75, 3.05) is 13.2 Å². The van der Waals surface area contributed by atoms with E-state index in [0.29, 0.717) is 26.1 Å². The van der Waals surface area contributed by atoms with Crippen LogP contribution in [0.15, 0.2) is 30.3 Å². The lowest BCUT2D eigenvalue weighted by Crippen LogP contribution is -2.51. The summed E-state index contributed by atoms with van der Waals surface area (Å²) in [5.41, 5.74) is 0.311. The highest BCUT2D eigenvalue weighted by molar-refractivity contribution is 5.69. The fourth-order valence-corrected chi connectivity index (χ4v) is 1.98. The third kappa shape index (κ3) is 3.73. The Bertz CT molecular complexity index is 458. The summed E-state index contributed by atoms with van der Waals surface area (Å²) in [7, 11) is 0. The van der Waals surface area contributed by atoms with Gasteiger partial charge in [0.25, 0.3) is 0 Å². The predicted molar refractivity (Wildman–Crippen MR) is 71.4 cm³/mol. The first-order valence-electron chi connectivity index (χ1n) is 6.28. The number of alkyl carbamates (subject to hydrolysis) is 1. The van der Waals surface area contributed by atoms with Gasteiger partial charge < -0.3 is 14.8 Å². The smallest absolute Gasteiger partial charge is 0.408 e. The van der Waals surface area contributed by atoms with Crippen LogP contribution in [-0.4, -0.2) is 24.8 Å². The fraction of sp³-hybridized carbons (Fsp3) is 0.400. The quantitative estimate of drug-likeness (QED) is 0.846. The van der Waals surface area contributed by atoms with E-state index in [9.17, 15) is 4.79 Å². The van der Waals surface area contributed by atoms with Crippen molar-refractivity contribution in [2.24, 2.45) is 0 Å². The molecule has 0 aromatic heterocycles. The summed E-state index contributed by atoms with van der Waals surface area (Å²) in [6.45, 7) is 1.36. The maximum absolute atomic E-state index is 11.8. The van der Waals surface area contributed by atoms with Gasteiger partial charge in [0.2, 0.25) is 0 Å². The molecular weight excluding hydrogens is 242 g/mol. The van der Waals surface area contributed by atoms with E-state index in [1.54, 1.807) is 0 Å². The molecule has 1 aliphatic heterocycles. The molecular formula is C15H17NO3. The molecule has 1 N–H and O–H groups in total. The Morgan fingerprint density at radius 2 is 2.05 bits per heavy atom. The van der Waals surface area contributed by atoms with Crippen LogP contribution in [0.4, 0.5) is 4.79 Å². The second kappa shape index (κ2) is 6.26. The molecule has 0 unspecified atom stereocenters. The molecule has 4 heteroatoms. The molecule has 100 valence electrons. The van der Waals surface area contributed by atoms with Crippen LogP contribution in [0.5, 0.6) is 0 Å². The average Bonchev–Trinajstić information content (AvgIpc) is 2.47. The average molecular weight is 259 g/mol. The number of rotatable bonds is 3. The highest BCUT2D eigenvalue weighted by Crippen LogP contribution is 2.19. The molecule has 0 radical (unpaired) electrons. The number of hydrogen-bond acceptors (Lipinski definition) is 3. The van der Waals surface area contributed by atoms with Crippen LogP contribution in [0.1, 0.15) is 18.4 Å². The standard InChI is InChI=1S/C15H17NO3/c1-2-15(8-10-18-11-9-15)16-14(17)19-12-13-6-4-3-5-7-13/h1,3-7H,8-12H2,(H,16,17). The Morgan fingerprint density at radius 3 is 2.68 bits per heavy atom. The summed E-state index contributed by atoms with van der Waals surface area (Å²) in [6, 6.07) is 9.52. The molecule has 0 spiro atoms. The van der Waals surface area contributed by atoms with Crippen molar-refractivity contribution >= 4 is 6.09 Å². The maximum Gasteiger partial charge on any atom is 0.408 e. The zero-order valence-corrected chi connectivity index (χ0v) is 10.7. The number of carbonyl (C=O) groups is 1. The SMILES string of the molecule is C#CC1(NC(=O)OCc2ccccc2)CCOCC1. The lowest BCUT2D eigenvalue weighted by Gasteiger charge is -2.32. The molecule has 0 saturated carbocycles. The number of terminal acetylenes is 1. The largest absolute Gasteiger partial charge is 0.445 e. The highest BCUT2D eigenvalue weighted by Gasteiger charge is 2.32. The molecule has 1 amide bonds. The number of benzene rings is 1. The van der Waals surface area contributed by atoms with E-state index in [2.05, 4.69) is 11.2 Å². The zero-order valence-electron chi connectivity index (χ0n) is 10.7. The van der Waals surface area contributed by atoms with Crippen LogP contribution in [0.3, 0.4) is 0 Å². The van der Waals surface area contributed by atoms with Crippen molar-refractivity contribution in [3.8, 4) is 12.3 Å². The summed E-state index contributed by atoms with van der Waals surface area (Å²) < 4.78 is 10.4. The number of amides is 1. The van der Waals surface area contributed by atoms with Crippen molar-refractivity contribution in [1.82, 2.24) is 5.32 Å². The van der Waals surface area contributed by atoms with Crippen LogP contribution in [0.25, 0.3) is 0 Å². The molecule has 0 atom stereocenters. The second-order valence-corrected chi connectivity index (χ2v) is 4.53. The third-order valence-corrected chi connectivity index (χ3v) is 3.18. The van der Waals surface area contributed by atoms with E-state index in [4.69, 9.17) is 15.9 Å². The maximum atomic E-state index is 11.8. The Morgan fingerprint density at radius 1 is 1.37 bits per heavy atom. The van der Waals surface area contributed by atoms with E-state index in [1.807, 2.05) is 30.3 Å². The first-order valence-corrected chi connectivity index (χ1v) is 6.28. The minimum absolute atomic E-state index is 0.240. The highest BCUT2D eigenvalue weighted by atomic mass is 16.5. The summed E-state index contributed by atoms with van der Waals surface area (Å²) >= 11 is 0. The molecule has 1 heterocycles. The molecule has 1 aromatic rings. The fourth-order valence-electron chi connectivity index (χ4n) is 1.98. The Hall–Kier alpha value is -1.99. The zero-order chi connectivity index (χ0) is 13.6. The van der Waals surface area contributed by atoms with Crippen LogP contribution < -0.4 is 5.32 Å². The Balaban J connectivity index is 1.85. The van der Waals surface area contributed by atoms with Gasteiger partial charge in [-0.05, 0) is 5.56 Å². The molecule has 4 nitrogen and oxygen atoms in total. The van der Waals surface area contributed by atoms with E-state index >= 15 is 0 Å². The molecule has 19 heavy (non-hydrogen) atoms. The minimum Gasteiger partial charge on any atom is -0.445 e. The predicted octanol–water partition coefficient (Wildman–Crippen LogP) is 2.10. The minimum atomic E-state index is -0.633. The van der Waals surface area contributed by atoms with Gasteiger partial charge in [0, 0.05) is 26.1 Å². The van der Waals surface area contributed by atoms with Crippen molar-refractivity contribution < 1.29 is 14.3 Å². The van der Waals surface area contributed by atoms with E-state index in [0.717, 1.165) is 5.56 Å². The van der Waals surface area contributed by atoms with Crippen molar-refractivity contribution in [3.05, 3.63) is 35.9 Å². The lowest BCUT2D eigenvalue weighted by atomic mass is 9.91. The topological polar surface area (TPSA) is 47.6 Å². The monoisotopic (exact) mass is 259 g/mol. The van der Waals surface area contributed by atoms with Gasteiger partial charge >= 0.3 is 6.09 Å². The van der Waals surface area contributed by atoms with E-state index < -0.39 is 11.6 Å². The van der Waals surface area contributed by atoms with Crippen molar-refractivity contribution in [1.29, 1.82) is 0 Å².